The van der Waals surface area contributed by atoms with Crippen LogP contribution in [-0.2, 0) is 9.59 Å². The van der Waals surface area contributed by atoms with Crippen LogP contribution in [0.15, 0.2) is 29.2 Å². The van der Waals surface area contributed by atoms with E-state index in [1.165, 1.54) is 11.8 Å². The van der Waals surface area contributed by atoms with E-state index in [9.17, 15) is 9.59 Å². The summed E-state index contributed by atoms with van der Waals surface area (Å²) < 4.78 is 5.09. The molecular weight excluding hydrogens is 302 g/mol. The molecule has 122 valence electrons. The molecule has 5 nitrogen and oxygen atoms in total. The molecule has 1 amide bonds. The maximum absolute atomic E-state index is 12.1. The van der Waals surface area contributed by atoms with Gasteiger partial charge in [-0.3, -0.25) is 9.59 Å². The highest BCUT2D eigenvalue weighted by Gasteiger charge is 2.20. The van der Waals surface area contributed by atoms with E-state index in [1.54, 1.807) is 14.0 Å². The van der Waals surface area contributed by atoms with Gasteiger partial charge in [0.15, 0.2) is 0 Å². The quantitative estimate of drug-likeness (QED) is 0.683. The topological polar surface area (TPSA) is 75.6 Å². The molecule has 0 saturated heterocycles. The van der Waals surface area contributed by atoms with E-state index in [1.807, 2.05) is 31.2 Å². The standard InChI is InChI=1S/C16H23NO4S/c1-4-5-12(16(19)20)10-17-15(18)11(2)22-14-8-6-13(21-3)7-9-14/h6-9,11-12H,4-5,10H2,1-3H3,(H,17,18)(H,19,20). The van der Waals surface area contributed by atoms with Crippen molar-refractivity contribution in [2.75, 3.05) is 13.7 Å². The van der Waals surface area contributed by atoms with Crippen LogP contribution in [0.1, 0.15) is 26.7 Å². The van der Waals surface area contributed by atoms with Crippen LogP contribution in [0.5, 0.6) is 5.75 Å². The van der Waals surface area contributed by atoms with Crippen molar-refractivity contribution in [3.63, 3.8) is 0 Å². The summed E-state index contributed by atoms with van der Waals surface area (Å²) in [6.07, 6.45) is 1.35. The lowest BCUT2D eigenvalue weighted by atomic mass is 10.0. The van der Waals surface area contributed by atoms with Gasteiger partial charge in [0.1, 0.15) is 5.75 Å². The number of aliphatic carboxylic acids is 1. The molecule has 1 aromatic carbocycles. The van der Waals surface area contributed by atoms with E-state index in [-0.39, 0.29) is 17.7 Å². The predicted octanol–water partition coefficient (Wildman–Crippen LogP) is 2.79. The number of nitrogens with one attached hydrogen (secondary N) is 1. The maximum Gasteiger partial charge on any atom is 0.308 e. The van der Waals surface area contributed by atoms with Gasteiger partial charge in [-0.25, -0.2) is 0 Å². The first-order chi connectivity index (χ1) is 10.5. The first-order valence-electron chi connectivity index (χ1n) is 7.29. The number of amides is 1. The molecule has 6 heteroatoms. The molecule has 0 aromatic heterocycles. The lowest BCUT2D eigenvalue weighted by Crippen LogP contribution is -2.37. The number of methoxy groups -OCH3 is 1. The number of carboxylic acid groups (broad SMARTS) is 1. The second-order valence-electron chi connectivity index (χ2n) is 5.00. The largest absolute Gasteiger partial charge is 0.497 e. The van der Waals surface area contributed by atoms with Gasteiger partial charge in [-0.05, 0) is 37.6 Å². The maximum atomic E-state index is 12.1. The molecular formula is C16H23NO4S. The van der Waals surface area contributed by atoms with E-state index >= 15 is 0 Å². The van der Waals surface area contributed by atoms with Crippen LogP contribution in [0.3, 0.4) is 0 Å². The van der Waals surface area contributed by atoms with Crippen LogP contribution in [0, 0.1) is 5.92 Å². The number of thioether (sulfide) groups is 1. The Morgan fingerprint density at radius 2 is 1.95 bits per heavy atom. The van der Waals surface area contributed by atoms with E-state index in [0.717, 1.165) is 17.1 Å². The molecule has 2 N–H and O–H groups in total. The number of hydrogen-bond acceptors (Lipinski definition) is 4. The molecule has 0 aliphatic rings. The highest BCUT2D eigenvalue weighted by molar-refractivity contribution is 8.00. The predicted molar refractivity (Wildman–Crippen MR) is 87.4 cm³/mol. The van der Waals surface area contributed by atoms with Gasteiger partial charge >= 0.3 is 5.97 Å². The summed E-state index contributed by atoms with van der Waals surface area (Å²) in [5, 5.41) is 11.5. The Morgan fingerprint density at radius 1 is 1.32 bits per heavy atom. The summed E-state index contributed by atoms with van der Waals surface area (Å²) in [5.41, 5.74) is 0. The molecule has 0 bridgehead atoms. The van der Waals surface area contributed by atoms with Crippen molar-refractivity contribution in [3.8, 4) is 5.75 Å². The molecule has 1 aromatic rings. The minimum atomic E-state index is -0.863. The number of carbonyl (C=O) groups excluding carboxylic acids is 1. The van der Waals surface area contributed by atoms with Gasteiger partial charge in [-0.2, -0.15) is 0 Å². The van der Waals surface area contributed by atoms with Crippen molar-refractivity contribution >= 4 is 23.6 Å². The molecule has 0 spiro atoms. The lowest BCUT2D eigenvalue weighted by molar-refractivity contribution is -0.141. The van der Waals surface area contributed by atoms with E-state index in [2.05, 4.69) is 5.32 Å². The van der Waals surface area contributed by atoms with Gasteiger partial charge in [0.2, 0.25) is 5.91 Å². The van der Waals surface area contributed by atoms with Gasteiger partial charge in [0, 0.05) is 11.4 Å². The fourth-order valence-corrected chi connectivity index (χ4v) is 2.83. The Morgan fingerprint density at radius 3 is 2.45 bits per heavy atom. The Hall–Kier alpha value is -1.69. The number of benzene rings is 1. The van der Waals surface area contributed by atoms with Crippen LogP contribution >= 0.6 is 11.8 Å². The zero-order chi connectivity index (χ0) is 16.5. The fourth-order valence-electron chi connectivity index (χ4n) is 1.94. The van der Waals surface area contributed by atoms with Gasteiger partial charge in [0.05, 0.1) is 18.3 Å². The molecule has 2 atom stereocenters. The first kappa shape index (κ1) is 18.4. The van der Waals surface area contributed by atoms with Crippen molar-refractivity contribution in [2.45, 2.75) is 36.8 Å². The van der Waals surface area contributed by atoms with Gasteiger partial charge < -0.3 is 15.2 Å². The molecule has 0 aliphatic carbocycles. The average Bonchev–Trinajstić information content (AvgIpc) is 2.51. The first-order valence-corrected chi connectivity index (χ1v) is 8.17. The van der Waals surface area contributed by atoms with Gasteiger partial charge in [-0.1, -0.05) is 13.3 Å². The van der Waals surface area contributed by atoms with Crippen LogP contribution in [0.4, 0.5) is 0 Å². The second-order valence-corrected chi connectivity index (χ2v) is 6.42. The minimum absolute atomic E-state index is 0.150. The number of carboxylic acids is 1. The Bertz CT molecular complexity index is 489. The van der Waals surface area contributed by atoms with Crippen LogP contribution in [-0.4, -0.2) is 35.9 Å². The van der Waals surface area contributed by atoms with E-state index in [4.69, 9.17) is 9.84 Å². The summed E-state index contributed by atoms with van der Waals surface area (Å²) in [6.45, 7) is 3.91. The molecule has 0 saturated carbocycles. The third-order valence-electron chi connectivity index (χ3n) is 3.25. The fraction of sp³-hybridized carbons (Fsp3) is 0.500. The molecule has 2 unspecified atom stereocenters. The molecule has 0 heterocycles. The Labute approximate surface area is 135 Å². The highest BCUT2D eigenvalue weighted by atomic mass is 32.2. The van der Waals surface area contributed by atoms with Gasteiger partial charge in [0.25, 0.3) is 0 Å². The van der Waals surface area contributed by atoms with E-state index < -0.39 is 11.9 Å². The normalized spacial score (nSPS) is 13.2. The second kappa shape index (κ2) is 9.35. The van der Waals surface area contributed by atoms with Crippen LogP contribution < -0.4 is 10.1 Å². The average molecular weight is 325 g/mol. The number of carbonyl (C=O) groups is 2. The van der Waals surface area contributed by atoms with Crippen LogP contribution in [0.25, 0.3) is 0 Å². The smallest absolute Gasteiger partial charge is 0.308 e. The Balaban J connectivity index is 2.48. The zero-order valence-electron chi connectivity index (χ0n) is 13.2. The van der Waals surface area contributed by atoms with Crippen molar-refractivity contribution in [1.82, 2.24) is 5.32 Å². The van der Waals surface area contributed by atoms with E-state index in [0.29, 0.717) is 6.42 Å². The highest BCUT2D eigenvalue weighted by Crippen LogP contribution is 2.25. The van der Waals surface area contributed by atoms with Crippen molar-refractivity contribution < 1.29 is 19.4 Å². The van der Waals surface area contributed by atoms with Crippen molar-refractivity contribution in [3.05, 3.63) is 24.3 Å². The number of hydrogen-bond donors (Lipinski definition) is 2. The number of rotatable bonds is 9. The molecule has 0 radical (unpaired) electrons. The summed E-state index contributed by atoms with van der Waals surface area (Å²) in [6, 6.07) is 7.47. The Kier molecular flexibility index (Phi) is 7.80. The SMILES string of the molecule is CCCC(CNC(=O)C(C)Sc1ccc(OC)cc1)C(=O)O. The third-order valence-corrected chi connectivity index (χ3v) is 4.36. The molecule has 1 rings (SSSR count). The summed E-state index contributed by atoms with van der Waals surface area (Å²) in [4.78, 5) is 24.1. The van der Waals surface area contributed by atoms with Gasteiger partial charge in [-0.15, -0.1) is 11.8 Å². The van der Waals surface area contributed by atoms with Crippen molar-refractivity contribution in [1.29, 1.82) is 0 Å². The summed E-state index contributed by atoms with van der Waals surface area (Å²) >= 11 is 1.43. The molecule has 22 heavy (non-hydrogen) atoms. The van der Waals surface area contributed by atoms with Crippen LogP contribution in [0.2, 0.25) is 0 Å². The molecule has 0 fully saturated rings. The minimum Gasteiger partial charge on any atom is -0.497 e. The lowest BCUT2D eigenvalue weighted by Gasteiger charge is -2.15. The monoisotopic (exact) mass is 325 g/mol. The summed E-state index contributed by atoms with van der Waals surface area (Å²) in [7, 11) is 1.60. The molecule has 0 aliphatic heterocycles. The number of ether oxygens (including phenoxy) is 1. The van der Waals surface area contributed by atoms with Crippen molar-refractivity contribution in [2.24, 2.45) is 5.92 Å². The summed E-state index contributed by atoms with van der Waals surface area (Å²) in [5.74, 6) is -0.766. The zero-order valence-corrected chi connectivity index (χ0v) is 14.0. The third kappa shape index (κ3) is 5.97.